The standard InChI is InChI=1S/C14H23BrN2O/c1-12(10-16-7-8-18-3)17(2)11-13-5-4-6-14(15)9-13/h4-6,9,12,16H,7-8,10-11H2,1-3H3. The molecule has 0 saturated heterocycles. The average Bonchev–Trinajstić information content (AvgIpc) is 2.34. The van der Waals surface area contributed by atoms with Crippen molar-refractivity contribution in [1.82, 2.24) is 10.2 Å². The van der Waals surface area contributed by atoms with E-state index in [9.17, 15) is 0 Å². The Balaban J connectivity index is 2.33. The Labute approximate surface area is 119 Å². The fraction of sp³-hybridized carbons (Fsp3) is 0.571. The number of rotatable bonds is 8. The summed E-state index contributed by atoms with van der Waals surface area (Å²) in [4.78, 5) is 2.35. The summed E-state index contributed by atoms with van der Waals surface area (Å²) in [6.07, 6.45) is 0. The van der Waals surface area contributed by atoms with Crippen LogP contribution in [0.15, 0.2) is 28.7 Å². The van der Waals surface area contributed by atoms with E-state index in [4.69, 9.17) is 4.74 Å². The summed E-state index contributed by atoms with van der Waals surface area (Å²) in [5, 5.41) is 3.39. The monoisotopic (exact) mass is 314 g/mol. The van der Waals surface area contributed by atoms with Gasteiger partial charge in [-0.15, -0.1) is 0 Å². The van der Waals surface area contributed by atoms with E-state index in [1.54, 1.807) is 7.11 Å². The molecule has 4 heteroatoms. The maximum atomic E-state index is 5.01. The highest BCUT2D eigenvalue weighted by Crippen LogP contribution is 2.13. The zero-order chi connectivity index (χ0) is 13.4. The van der Waals surface area contributed by atoms with Gasteiger partial charge >= 0.3 is 0 Å². The van der Waals surface area contributed by atoms with Crippen molar-refractivity contribution < 1.29 is 4.74 Å². The minimum absolute atomic E-state index is 0.501. The summed E-state index contributed by atoms with van der Waals surface area (Å²) in [6, 6.07) is 8.96. The molecule has 0 amide bonds. The van der Waals surface area contributed by atoms with E-state index < -0.39 is 0 Å². The number of nitrogens with zero attached hydrogens (tertiary/aromatic N) is 1. The Kier molecular flexibility index (Phi) is 7.51. The molecule has 0 spiro atoms. The van der Waals surface area contributed by atoms with Crippen LogP contribution in [0.4, 0.5) is 0 Å². The van der Waals surface area contributed by atoms with Crippen molar-refractivity contribution in [2.24, 2.45) is 0 Å². The maximum absolute atomic E-state index is 5.01. The second-order valence-corrected chi connectivity index (χ2v) is 5.51. The lowest BCUT2D eigenvalue weighted by molar-refractivity contribution is 0.191. The summed E-state index contributed by atoms with van der Waals surface area (Å²) in [5.74, 6) is 0. The van der Waals surface area contributed by atoms with E-state index >= 15 is 0 Å². The summed E-state index contributed by atoms with van der Waals surface area (Å²) < 4.78 is 6.15. The molecule has 0 aliphatic heterocycles. The number of ether oxygens (including phenoxy) is 1. The molecule has 0 aliphatic rings. The summed E-state index contributed by atoms with van der Waals surface area (Å²) in [7, 11) is 3.88. The summed E-state index contributed by atoms with van der Waals surface area (Å²) >= 11 is 3.50. The van der Waals surface area contributed by atoms with Gasteiger partial charge in [-0.25, -0.2) is 0 Å². The van der Waals surface area contributed by atoms with Gasteiger partial charge in [0.25, 0.3) is 0 Å². The smallest absolute Gasteiger partial charge is 0.0587 e. The molecule has 1 rings (SSSR count). The van der Waals surface area contributed by atoms with Crippen molar-refractivity contribution in [2.75, 3.05) is 33.9 Å². The van der Waals surface area contributed by atoms with Crippen LogP contribution in [-0.2, 0) is 11.3 Å². The number of nitrogens with one attached hydrogen (secondary N) is 1. The summed E-state index contributed by atoms with van der Waals surface area (Å²) in [6.45, 7) is 5.85. The molecule has 102 valence electrons. The van der Waals surface area contributed by atoms with Crippen molar-refractivity contribution in [3.8, 4) is 0 Å². The zero-order valence-electron chi connectivity index (χ0n) is 11.4. The molecular formula is C14H23BrN2O. The lowest BCUT2D eigenvalue weighted by Gasteiger charge is -2.25. The topological polar surface area (TPSA) is 24.5 Å². The molecule has 3 nitrogen and oxygen atoms in total. The molecule has 1 aromatic rings. The molecule has 18 heavy (non-hydrogen) atoms. The second-order valence-electron chi connectivity index (χ2n) is 4.59. The Morgan fingerprint density at radius 2 is 2.22 bits per heavy atom. The molecule has 1 unspecified atom stereocenters. The molecule has 0 radical (unpaired) electrons. The van der Waals surface area contributed by atoms with Crippen LogP contribution in [0.1, 0.15) is 12.5 Å². The molecular weight excluding hydrogens is 292 g/mol. The molecule has 0 bridgehead atoms. The van der Waals surface area contributed by atoms with E-state index in [0.717, 1.165) is 30.7 Å². The van der Waals surface area contributed by atoms with Gasteiger partial charge < -0.3 is 10.1 Å². The van der Waals surface area contributed by atoms with Crippen LogP contribution in [0.2, 0.25) is 0 Å². The van der Waals surface area contributed by atoms with Crippen molar-refractivity contribution in [3.05, 3.63) is 34.3 Å². The first kappa shape index (κ1) is 15.6. The van der Waals surface area contributed by atoms with Crippen LogP contribution in [0.25, 0.3) is 0 Å². The third-order valence-electron chi connectivity index (χ3n) is 3.00. The molecule has 1 atom stereocenters. The maximum Gasteiger partial charge on any atom is 0.0587 e. The van der Waals surface area contributed by atoms with E-state index in [0.29, 0.717) is 6.04 Å². The number of likely N-dealkylation sites (N-methyl/N-ethyl adjacent to an activating group) is 1. The minimum atomic E-state index is 0.501. The molecule has 0 fully saturated rings. The lowest BCUT2D eigenvalue weighted by Crippen LogP contribution is -2.38. The molecule has 1 aromatic carbocycles. The molecule has 1 N–H and O–H groups in total. The molecule has 0 aliphatic carbocycles. The van der Waals surface area contributed by atoms with E-state index in [1.807, 2.05) is 0 Å². The highest BCUT2D eigenvalue weighted by molar-refractivity contribution is 9.10. The quantitative estimate of drug-likeness (QED) is 0.746. The van der Waals surface area contributed by atoms with Gasteiger partial charge in [0.1, 0.15) is 0 Å². The van der Waals surface area contributed by atoms with Crippen LogP contribution < -0.4 is 5.32 Å². The third-order valence-corrected chi connectivity index (χ3v) is 3.49. The fourth-order valence-electron chi connectivity index (χ4n) is 1.72. The first-order valence-electron chi connectivity index (χ1n) is 6.28. The Morgan fingerprint density at radius 1 is 1.44 bits per heavy atom. The minimum Gasteiger partial charge on any atom is -0.383 e. The van der Waals surface area contributed by atoms with Crippen LogP contribution in [0, 0.1) is 0 Å². The van der Waals surface area contributed by atoms with Crippen LogP contribution in [0.3, 0.4) is 0 Å². The third kappa shape index (κ3) is 5.96. The van der Waals surface area contributed by atoms with Gasteiger partial charge in [-0.05, 0) is 31.7 Å². The van der Waals surface area contributed by atoms with E-state index in [-0.39, 0.29) is 0 Å². The van der Waals surface area contributed by atoms with E-state index in [2.05, 4.69) is 64.4 Å². The fourth-order valence-corrected chi connectivity index (χ4v) is 2.17. The highest BCUT2D eigenvalue weighted by atomic mass is 79.9. The number of halogens is 1. The van der Waals surface area contributed by atoms with Gasteiger partial charge in [0, 0.05) is 37.3 Å². The molecule has 0 aromatic heterocycles. The first-order chi connectivity index (χ1) is 8.63. The number of hydrogen-bond acceptors (Lipinski definition) is 3. The highest BCUT2D eigenvalue weighted by Gasteiger charge is 2.09. The Hall–Kier alpha value is -0.420. The SMILES string of the molecule is COCCNCC(C)N(C)Cc1cccc(Br)c1. The first-order valence-corrected chi connectivity index (χ1v) is 7.07. The number of methoxy groups -OCH3 is 1. The van der Waals surface area contributed by atoms with Crippen molar-refractivity contribution in [1.29, 1.82) is 0 Å². The molecule has 0 heterocycles. The predicted octanol–water partition coefficient (Wildman–Crippen LogP) is 2.51. The van der Waals surface area contributed by atoms with Crippen LogP contribution in [0.5, 0.6) is 0 Å². The Bertz CT molecular complexity index is 346. The number of hydrogen-bond donors (Lipinski definition) is 1. The van der Waals surface area contributed by atoms with Gasteiger partial charge in [0.15, 0.2) is 0 Å². The summed E-state index contributed by atoms with van der Waals surface area (Å²) in [5.41, 5.74) is 1.33. The zero-order valence-corrected chi connectivity index (χ0v) is 13.0. The second kappa shape index (κ2) is 8.64. The molecule has 0 saturated carbocycles. The van der Waals surface area contributed by atoms with Crippen LogP contribution in [-0.4, -0.2) is 44.8 Å². The van der Waals surface area contributed by atoms with Gasteiger partial charge in [0.2, 0.25) is 0 Å². The Morgan fingerprint density at radius 3 is 2.89 bits per heavy atom. The lowest BCUT2D eigenvalue weighted by atomic mass is 10.2. The van der Waals surface area contributed by atoms with Gasteiger partial charge in [-0.2, -0.15) is 0 Å². The van der Waals surface area contributed by atoms with E-state index in [1.165, 1.54) is 5.56 Å². The number of benzene rings is 1. The van der Waals surface area contributed by atoms with Gasteiger partial charge in [0.05, 0.1) is 6.61 Å². The normalized spacial score (nSPS) is 12.9. The largest absolute Gasteiger partial charge is 0.383 e. The van der Waals surface area contributed by atoms with Gasteiger partial charge in [-0.3, -0.25) is 4.90 Å². The average molecular weight is 315 g/mol. The van der Waals surface area contributed by atoms with Crippen molar-refractivity contribution in [3.63, 3.8) is 0 Å². The van der Waals surface area contributed by atoms with Gasteiger partial charge in [-0.1, -0.05) is 28.1 Å². The predicted molar refractivity (Wildman–Crippen MR) is 79.8 cm³/mol. The van der Waals surface area contributed by atoms with Crippen LogP contribution >= 0.6 is 15.9 Å². The van der Waals surface area contributed by atoms with Crippen molar-refractivity contribution in [2.45, 2.75) is 19.5 Å². The van der Waals surface area contributed by atoms with Crippen molar-refractivity contribution >= 4 is 15.9 Å².